The van der Waals surface area contributed by atoms with Gasteiger partial charge in [-0.25, -0.2) is 0 Å². The zero-order valence-corrected chi connectivity index (χ0v) is 14.3. The summed E-state index contributed by atoms with van der Waals surface area (Å²) in [5, 5.41) is 0. The van der Waals surface area contributed by atoms with E-state index in [1.165, 1.54) is 12.8 Å². The lowest BCUT2D eigenvalue weighted by molar-refractivity contribution is 0.0179. The molecule has 5 nitrogen and oxygen atoms in total. The Bertz CT molecular complexity index is 480. The van der Waals surface area contributed by atoms with Gasteiger partial charge >= 0.3 is 0 Å². The van der Waals surface area contributed by atoms with Crippen LogP contribution in [0.15, 0.2) is 16.6 Å². The quantitative estimate of drug-likeness (QED) is 0.552. The summed E-state index contributed by atoms with van der Waals surface area (Å²) in [7, 11) is 3.27. The molecule has 2 atom stereocenters. The van der Waals surface area contributed by atoms with Crippen LogP contribution in [0.1, 0.15) is 31.4 Å². The molecule has 118 valence electrons. The standard InChI is InChI=1S/C15H23BrN2O3/c1-4-21-14(9-5-6-9)13(18-17)10-7-8-11(19-2)12(16)15(10)20-3/h7-9,13-14,18H,4-6,17H2,1-3H3. The number of hydrazine groups is 1. The number of nitrogens with two attached hydrogens (primary N) is 1. The molecule has 1 aromatic rings. The summed E-state index contributed by atoms with van der Waals surface area (Å²) in [4.78, 5) is 0. The van der Waals surface area contributed by atoms with Crippen LogP contribution in [0.4, 0.5) is 0 Å². The van der Waals surface area contributed by atoms with Gasteiger partial charge in [0.25, 0.3) is 0 Å². The summed E-state index contributed by atoms with van der Waals surface area (Å²) in [5.41, 5.74) is 3.87. The Morgan fingerprint density at radius 2 is 2.05 bits per heavy atom. The van der Waals surface area contributed by atoms with Crippen molar-refractivity contribution in [3.8, 4) is 11.5 Å². The Morgan fingerprint density at radius 1 is 1.33 bits per heavy atom. The molecule has 1 saturated carbocycles. The SMILES string of the molecule is CCOC(C1CC1)C(NN)c1ccc(OC)c(Br)c1OC. The smallest absolute Gasteiger partial charge is 0.141 e. The van der Waals surface area contributed by atoms with E-state index in [1.54, 1.807) is 14.2 Å². The van der Waals surface area contributed by atoms with Crippen LogP contribution in [0.5, 0.6) is 11.5 Å². The van der Waals surface area contributed by atoms with Gasteiger partial charge in [0.1, 0.15) is 16.0 Å². The molecular formula is C15H23BrN2O3. The molecule has 2 rings (SSSR count). The Morgan fingerprint density at radius 3 is 2.52 bits per heavy atom. The second-order valence-corrected chi connectivity index (χ2v) is 5.90. The molecule has 0 aromatic heterocycles. The molecule has 3 N–H and O–H groups in total. The monoisotopic (exact) mass is 358 g/mol. The molecule has 2 unspecified atom stereocenters. The molecule has 0 spiro atoms. The molecule has 0 radical (unpaired) electrons. The van der Waals surface area contributed by atoms with E-state index in [2.05, 4.69) is 21.4 Å². The van der Waals surface area contributed by atoms with Gasteiger partial charge in [0.2, 0.25) is 0 Å². The van der Waals surface area contributed by atoms with Gasteiger partial charge in [0.15, 0.2) is 0 Å². The van der Waals surface area contributed by atoms with E-state index in [0.717, 1.165) is 21.5 Å². The molecule has 0 amide bonds. The fraction of sp³-hybridized carbons (Fsp3) is 0.600. The summed E-state index contributed by atoms with van der Waals surface area (Å²) in [6.45, 7) is 2.67. The van der Waals surface area contributed by atoms with Crippen LogP contribution in [0, 0.1) is 5.92 Å². The normalized spacial score (nSPS) is 17.4. The topological polar surface area (TPSA) is 65.7 Å². The van der Waals surface area contributed by atoms with Crippen molar-refractivity contribution in [3.63, 3.8) is 0 Å². The fourth-order valence-corrected chi connectivity index (χ4v) is 3.33. The predicted octanol–water partition coefficient (Wildman–Crippen LogP) is 2.79. The highest BCUT2D eigenvalue weighted by atomic mass is 79.9. The largest absolute Gasteiger partial charge is 0.495 e. The maximum Gasteiger partial charge on any atom is 0.141 e. The van der Waals surface area contributed by atoms with Gasteiger partial charge in [0, 0.05) is 12.2 Å². The minimum atomic E-state index is -0.116. The first-order chi connectivity index (χ1) is 10.2. The Balaban J connectivity index is 2.38. The first-order valence-electron chi connectivity index (χ1n) is 7.16. The van der Waals surface area contributed by atoms with Crippen molar-refractivity contribution in [1.29, 1.82) is 0 Å². The van der Waals surface area contributed by atoms with Crippen molar-refractivity contribution in [2.75, 3.05) is 20.8 Å². The number of rotatable bonds is 8. The van der Waals surface area contributed by atoms with Crippen LogP contribution in [-0.2, 0) is 4.74 Å². The average Bonchev–Trinajstić information content (AvgIpc) is 3.32. The minimum absolute atomic E-state index is 0.0502. The first kappa shape index (κ1) is 16.5. The molecule has 1 aliphatic rings. The number of nitrogens with one attached hydrogen (secondary N) is 1. The molecule has 1 aromatic carbocycles. The molecule has 0 heterocycles. The third-order valence-corrected chi connectivity index (χ3v) is 4.56. The fourth-order valence-electron chi connectivity index (χ4n) is 2.65. The number of halogens is 1. The maximum absolute atomic E-state index is 5.92. The minimum Gasteiger partial charge on any atom is -0.495 e. The Labute approximate surface area is 134 Å². The summed E-state index contributed by atoms with van der Waals surface area (Å²) in [5.74, 6) is 7.82. The number of methoxy groups -OCH3 is 2. The van der Waals surface area contributed by atoms with Crippen molar-refractivity contribution >= 4 is 15.9 Å². The van der Waals surface area contributed by atoms with E-state index in [9.17, 15) is 0 Å². The lowest BCUT2D eigenvalue weighted by Crippen LogP contribution is -2.39. The lowest BCUT2D eigenvalue weighted by atomic mass is 9.97. The number of hydrogen-bond acceptors (Lipinski definition) is 5. The van der Waals surface area contributed by atoms with Gasteiger partial charge in [-0.15, -0.1) is 0 Å². The molecule has 0 aliphatic heterocycles. The van der Waals surface area contributed by atoms with Crippen molar-refractivity contribution < 1.29 is 14.2 Å². The highest BCUT2D eigenvalue weighted by molar-refractivity contribution is 9.10. The van der Waals surface area contributed by atoms with Gasteiger partial charge in [0.05, 0.1) is 26.4 Å². The lowest BCUT2D eigenvalue weighted by Gasteiger charge is -2.28. The van der Waals surface area contributed by atoms with E-state index in [0.29, 0.717) is 12.5 Å². The number of hydrogen-bond donors (Lipinski definition) is 2. The van der Waals surface area contributed by atoms with Gasteiger partial charge < -0.3 is 14.2 Å². The van der Waals surface area contributed by atoms with Crippen LogP contribution in [0.2, 0.25) is 0 Å². The van der Waals surface area contributed by atoms with Crippen LogP contribution >= 0.6 is 15.9 Å². The summed E-state index contributed by atoms with van der Waals surface area (Å²) in [6, 6.07) is 3.76. The predicted molar refractivity (Wildman–Crippen MR) is 85.4 cm³/mol. The Kier molecular flexibility index (Phi) is 5.87. The van der Waals surface area contributed by atoms with Crippen molar-refractivity contribution in [1.82, 2.24) is 5.43 Å². The van der Waals surface area contributed by atoms with Crippen molar-refractivity contribution in [3.05, 3.63) is 22.2 Å². The first-order valence-corrected chi connectivity index (χ1v) is 7.95. The number of benzene rings is 1. The van der Waals surface area contributed by atoms with Crippen molar-refractivity contribution in [2.45, 2.75) is 31.9 Å². The van der Waals surface area contributed by atoms with Gasteiger partial charge in [-0.1, -0.05) is 0 Å². The van der Waals surface area contributed by atoms with Gasteiger partial charge in [-0.2, -0.15) is 0 Å². The third-order valence-electron chi connectivity index (χ3n) is 3.81. The molecule has 0 saturated heterocycles. The highest BCUT2D eigenvalue weighted by Crippen LogP contribution is 2.45. The number of ether oxygens (including phenoxy) is 3. The van der Waals surface area contributed by atoms with Crippen LogP contribution in [0.3, 0.4) is 0 Å². The second kappa shape index (κ2) is 7.45. The molecule has 1 fully saturated rings. The van der Waals surface area contributed by atoms with E-state index in [1.807, 2.05) is 19.1 Å². The highest BCUT2D eigenvalue weighted by Gasteiger charge is 2.39. The van der Waals surface area contributed by atoms with E-state index < -0.39 is 0 Å². The Hall–Kier alpha value is -0.820. The molecule has 0 bridgehead atoms. The zero-order valence-electron chi connectivity index (χ0n) is 12.7. The van der Waals surface area contributed by atoms with Gasteiger partial charge in [-0.3, -0.25) is 11.3 Å². The van der Waals surface area contributed by atoms with Gasteiger partial charge in [-0.05, 0) is 53.7 Å². The van der Waals surface area contributed by atoms with E-state index >= 15 is 0 Å². The van der Waals surface area contributed by atoms with Crippen LogP contribution < -0.4 is 20.7 Å². The molecule has 21 heavy (non-hydrogen) atoms. The third kappa shape index (κ3) is 3.51. The molecular weight excluding hydrogens is 336 g/mol. The zero-order chi connectivity index (χ0) is 15.4. The summed E-state index contributed by atoms with van der Waals surface area (Å²) < 4.78 is 17.6. The second-order valence-electron chi connectivity index (χ2n) is 5.11. The van der Waals surface area contributed by atoms with Crippen LogP contribution in [-0.4, -0.2) is 26.9 Å². The molecule has 6 heteroatoms. The van der Waals surface area contributed by atoms with E-state index in [-0.39, 0.29) is 12.1 Å². The maximum atomic E-state index is 5.92. The summed E-state index contributed by atoms with van der Waals surface area (Å²) in [6.07, 6.45) is 2.42. The van der Waals surface area contributed by atoms with Crippen molar-refractivity contribution in [2.24, 2.45) is 11.8 Å². The van der Waals surface area contributed by atoms with E-state index in [4.69, 9.17) is 20.1 Å². The van der Waals surface area contributed by atoms with Crippen LogP contribution in [0.25, 0.3) is 0 Å². The average molecular weight is 359 g/mol. The molecule has 1 aliphatic carbocycles. The summed E-state index contributed by atoms with van der Waals surface area (Å²) >= 11 is 3.53.